The van der Waals surface area contributed by atoms with E-state index < -0.39 is 0 Å². The zero-order chi connectivity index (χ0) is 22.1. The highest BCUT2D eigenvalue weighted by Gasteiger charge is 2.23. The van der Waals surface area contributed by atoms with Crippen molar-refractivity contribution in [1.82, 2.24) is 19.7 Å². The Morgan fingerprint density at radius 2 is 1.84 bits per heavy atom. The van der Waals surface area contributed by atoms with Crippen molar-refractivity contribution >= 4 is 22.6 Å². The van der Waals surface area contributed by atoms with Crippen LogP contribution in [-0.2, 0) is 11.2 Å². The minimum absolute atomic E-state index is 0.175. The van der Waals surface area contributed by atoms with Gasteiger partial charge in [-0.25, -0.2) is 9.67 Å². The van der Waals surface area contributed by atoms with Crippen molar-refractivity contribution in [2.75, 3.05) is 31.1 Å². The molecular formula is C24H31N5O2. The summed E-state index contributed by atoms with van der Waals surface area (Å²) in [6, 6.07) is 7.62. The Kier molecular flexibility index (Phi) is 5.85. The lowest BCUT2D eigenvalue weighted by atomic mass is 10.00. The molecule has 164 valence electrons. The first kappa shape index (κ1) is 21.2. The van der Waals surface area contributed by atoms with Crippen LogP contribution in [0.15, 0.2) is 30.5 Å². The number of hydrogen-bond acceptors (Lipinski definition) is 5. The number of nitrogens with zero attached hydrogens (tertiary/aromatic N) is 5. The van der Waals surface area contributed by atoms with Crippen molar-refractivity contribution < 1.29 is 9.90 Å². The highest BCUT2D eigenvalue weighted by atomic mass is 16.3. The first-order valence-electron chi connectivity index (χ1n) is 11.0. The highest BCUT2D eigenvalue weighted by Crippen LogP contribution is 2.28. The van der Waals surface area contributed by atoms with E-state index in [2.05, 4.69) is 30.8 Å². The number of para-hydroxylation sites is 2. The van der Waals surface area contributed by atoms with Gasteiger partial charge in [0.25, 0.3) is 0 Å². The quantitative estimate of drug-likeness (QED) is 0.681. The van der Waals surface area contributed by atoms with E-state index in [1.54, 1.807) is 6.07 Å². The van der Waals surface area contributed by atoms with Crippen molar-refractivity contribution in [3.05, 3.63) is 47.3 Å². The third-order valence-corrected chi connectivity index (χ3v) is 6.27. The van der Waals surface area contributed by atoms with Crippen LogP contribution >= 0.6 is 0 Å². The zero-order valence-corrected chi connectivity index (χ0v) is 18.8. The number of aryl methyl sites for hydroxylation is 2. The average Bonchev–Trinajstić information content (AvgIpc) is 3.18. The first-order chi connectivity index (χ1) is 14.9. The van der Waals surface area contributed by atoms with Gasteiger partial charge in [-0.1, -0.05) is 12.1 Å². The third kappa shape index (κ3) is 4.09. The number of anilines is 1. The van der Waals surface area contributed by atoms with Gasteiger partial charge in [-0.3, -0.25) is 4.79 Å². The largest absolute Gasteiger partial charge is 0.506 e. The fourth-order valence-electron chi connectivity index (χ4n) is 4.46. The summed E-state index contributed by atoms with van der Waals surface area (Å²) < 4.78 is 1.95. The molecule has 0 spiro atoms. The third-order valence-electron chi connectivity index (χ3n) is 6.27. The molecule has 2 aromatic heterocycles. The van der Waals surface area contributed by atoms with Gasteiger partial charge in [0.15, 0.2) is 5.65 Å². The Morgan fingerprint density at radius 1 is 1.13 bits per heavy atom. The molecule has 7 heteroatoms. The number of hydrogen-bond donors (Lipinski definition) is 1. The number of aromatic hydroxyl groups is 1. The summed E-state index contributed by atoms with van der Waals surface area (Å²) in [6.07, 6.45) is 3.05. The smallest absolute Gasteiger partial charge is 0.223 e. The predicted molar refractivity (Wildman–Crippen MR) is 123 cm³/mol. The molecule has 0 unspecified atom stereocenters. The Labute approximate surface area is 183 Å². The molecule has 0 radical (unpaired) electrons. The minimum Gasteiger partial charge on any atom is -0.506 e. The zero-order valence-electron chi connectivity index (χ0n) is 18.8. The summed E-state index contributed by atoms with van der Waals surface area (Å²) >= 11 is 0. The van der Waals surface area contributed by atoms with E-state index in [0.29, 0.717) is 25.9 Å². The lowest BCUT2D eigenvalue weighted by Gasteiger charge is -2.36. The van der Waals surface area contributed by atoms with Gasteiger partial charge in [-0.2, -0.15) is 5.10 Å². The van der Waals surface area contributed by atoms with Crippen LogP contribution in [0.3, 0.4) is 0 Å². The van der Waals surface area contributed by atoms with Crippen LogP contribution < -0.4 is 4.90 Å². The molecule has 1 saturated heterocycles. The van der Waals surface area contributed by atoms with E-state index in [4.69, 9.17) is 4.98 Å². The molecule has 3 aromatic rings. The maximum Gasteiger partial charge on any atom is 0.223 e. The molecule has 0 aliphatic carbocycles. The van der Waals surface area contributed by atoms with Crippen molar-refractivity contribution in [3.63, 3.8) is 0 Å². The number of fused-ring (bicyclic) bond motifs is 1. The number of aromatic nitrogens is 3. The van der Waals surface area contributed by atoms with E-state index in [0.717, 1.165) is 41.1 Å². The molecule has 1 fully saturated rings. The fourth-order valence-corrected chi connectivity index (χ4v) is 4.46. The molecule has 1 aromatic carbocycles. The minimum atomic E-state index is 0.175. The lowest BCUT2D eigenvalue weighted by Crippen LogP contribution is -2.48. The second-order valence-corrected chi connectivity index (χ2v) is 8.58. The second-order valence-electron chi connectivity index (χ2n) is 8.58. The van der Waals surface area contributed by atoms with Crippen LogP contribution in [0.25, 0.3) is 11.0 Å². The molecule has 0 bridgehead atoms. The Hall–Kier alpha value is -3.09. The second kappa shape index (κ2) is 8.57. The summed E-state index contributed by atoms with van der Waals surface area (Å²) in [6.45, 7) is 11.1. The fraction of sp³-hybridized carbons (Fsp3) is 0.458. The number of phenolic OH excluding ortho intramolecular Hbond substituents is 1. The number of pyridine rings is 1. The standard InChI is InChI=1S/C24H31N5O2/c1-16(2)29-24-20(15-25-29)17(3)19(18(4)26-24)9-10-23(31)28-13-11-27(12-14-28)21-7-5-6-8-22(21)30/h5-8,15-16,30H,9-14H2,1-4H3. The topological polar surface area (TPSA) is 74.5 Å². The van der Waals surface area contributed by atoms with E-state index in [1.807, 2.05) is 40.9 Å². The number of rotatable bonds is 5. The van der Waals surface area contributed by atoms with Gasteiger partial charge < -0.3 is 14.9 Å². The number of piperazine rings is 1. The molecule has 3 heterocycles. The summed E-state index contributed by atoms with van der Waals surface area (Å²) in [5.74, 6) is 0.464. The average molecular weight is 422 g/mol. The normalized spacial score (nSPS) is 14.6. The molecule has 4 rings (SSSR count). The van der Waals surface area contributed by atoms with E-state index in [1.165, 1.54) is 5.56 Å². The molecule has 0 saturated carbocycles. The SMILES string of the molecule is Cc1nc2c(cnn2C(C)C)c(C)c1CCC(=O)N1CCN(c2ccccc2O)CC1. The van der Waals surface area contributed by atoms with Crippen LogP contribution in [0.1, 0.15) is 43.1 Å². The van der Waals surface area contributed by atoms with Gasteiger partial charge >= 0.3 is 0 Å². The van der Waals surface area contributed by atoms with Crippen molar-refractivity contribution in [3.8, 4) is 5.75 Å². The highest BCUT2D eigenvalue weighted by molar-refractivity contribution is 5.81. The Balaban J connectivity index is 1.40. The monoisotopic (exact) mass is 421 g/mol. The van der Waals surface area contributed by atoms with Gasteiger partial charge in [-0.05, 0) is 57.4 Å². The Bertz CT molecular complexity index is 1100. The lowest BCUT2D eigenvalue weighted by molar-refractivity contribution is -0.131. The molecule has 1 N–H and O–H groups in total. The van der Waals surface area contributed by atoms with Crippen LogP contribution in [0.4, 0.5) is 5.69 Å². The summed E-state index contributed by atoms with van der Waals surface area (Å²) in [4.78, 5) is 21.8. The number of amides is 1. The molecular weight excluding hydrogens is 390 g/mol. The number of carbonyl (C=O) groups is 1. The van der Waals surface area contributed by atoms with Crippen molar-refractivity contribution in [2.45, 2.75) is 46.6 Å². The first-order valence-corrected chi connectivity index (χ1v) is 11.0. The molecule has 7 nitrogen and oxygen atoms in total. The maximum atomic E-state index is 12.9. The van der Waals surface area contributed by atoms with Gasteiger partial charge in [0.1, 0.15) is 5.75 Å². The summed E-state index contributed by atoms with van der Waals surface area (Å²) in [5.41, 5.74) is 5.05. The van der Waals surface area contributed by atoms with E-state index in [9.17, 15) is 9.90 Å². The maximum absolute atomic E-state index is 12.9. The molecule has 1 aliphatic heterocycles. The predicted octanol–water partition coefficient (Wildman–Crippen LogP) is 3.62. The summed E-state index contributed by atoms with van der Waals surface area (Å²) in [7, 11) is 0. The Morgan fingerprint density at radius 3 is 2.52 bits per heavy atom. The van der Waals surface area contributed by atoms with Crippen LogP contribution in [0.2, 0.25) is 0 Å². The van der Waals surface area contributed by atoms with E-state index in [-0.39, 0.29) is 17.7 Å². The molecule has 1 aliphatic rings. The van der Waals surface area contributed by atoms with Gasteiger partial charge in [0.2, 0.25) is 5.91 Å². The van der Waals surface area contributed by atoms with E-state index >= 15 is 0 Å². The van der Waals surface area contributed by atoms with Crippen molar-refractivity contribution in [1.29, 1.82) is 0 Å². The molecule has 1 amide bonds. The van der Waals surface area contributed by atoms with Crippen LogP contribution in [0, 0.1) is 13.8 Å². The van der Waals surface area contributed by atoms with Crippen LogP contribution in [-0.4, -0.2) is 56.9 Å². The number of carbonyl (C=O) groups excluding carboxylic acids is 1. The van der Waals surface area contributed by atoms with Gasteiger partial charge in [-0.15, -0.1) is 0 Å². The van der Waals surface area contributed by atoms with Gasteiger partial charge in [0.05, 0.1) is 11.9 Å². The number of phenols is 1. The molecule has 31 heavy (non-hydrogen) atoms. The summed E-state index contributed by atoms with van der Waals surface area (Å²) in [5, 5.41) is 15.6. The van der Waals surface area contributed by atoms with Crippen molar-refractivity contribution in [2.24, 2.45) is 0 Å². The van der Waals surface area contributed by atoms with Crippen LogP contribution in [0.5, 0.6) is 5.75 Å². The molecule has 0 atom stereocenters. The van der Waals surface area contributed by atoms with Gasteiger partial charge in [0, 0.05) is 49.7 Å². The number of benzene rings is 1.